The molecule has 0 unspecified atom stereocenters. The third-order valence-corrected chi connectivity index (χ3v) is 2.62. The van der Waals surface area contributed by atoms with Gasteiger partial charge >= 0.3 is 5.97 Å². The summed E-state index contributed by atoms with van der Waals surface area (Å²) < 4.78 is 0. The van der Waals surface area contributed by atoms with Crippen molar-refractivity contribution in [1.82, 2.24) is 5.32 Å². The van der Waals surface area contributed by atoms with Crippen molar-refractivity contribution in [2.75, 3.05) is 6.54 Å². The zero-order valence-electron chi connectivity index (χ0n) is 8.42. The first-order valence-electron chi connectivity index (χ1n) is 5.05. The molecular formula is C10H19NO2. The molecule has 0 radical (unpaired) electrons. The standard InChI is InChI=1S/C10H19NO2/c1-7(2)5-8-3-4-9(10(12)13)11-6-8/h7-9,11H,3-6H2,1-2H3,(H,12,13)/t8-,9-/m0/s1. The van der Waals surface area contributed by atoms with Crippen LogP contribution < -0.4 is 5.32 Å². The van der Waals surface area contributed by atoms with E-state index in [0.717, 1.165) is 19.4 Å². The van der Waals surface area contributed by atoms with Crippen LogP contribution >= 0.6 is 0 Å². The van der Waals surface area contributed by atoms with Gasteiger partial charge in [-0.05, 0) is 37.6 Å². The van der Waals surface area contributed by atoms with Gasteiger partial charge in [0.25, 0.3) is 0 Å². The summed E-state index contributed by atoms with van der Waals surface area (Å²) in [5.74, 6) is 0.687. The molecule has 0 aromatic heterocycles. The topological polar surface area (TPSA) is 49.3 Å². The highest BCUT2D eigenvalue weighted by Crippen LogP contribution is 2.21. The lowest BCUT2D eigenvalue weighted by atomic mass is 9.88. The Labute approximate surface area is 79.5 Å². The molecule has 0 spiro atoms. The SMILES string of the molecule is CC(C)C[C@@H]1CC[C@@H](C(=O)O)NC1. The minimum atomic E-state index is -0.706. The maximum atomic E-state index is 10.6. The van der Waals surface area contributed by atoms with Crippen molar-refractivity contribution < 1.29 is 9.90 Å². The highest BCUT2D eigenvalue weighted by atomic mass is 16.4. The summed E-state index contributed by atoms with van der Waals surface area (Å²) in [6.45, 7) is 5.29. The molecule has 1 heterocycles. The van der Waals surface area contributed by atoms with E-state index in [2.05, 4.69) is 19.2 Å². The van der Waals surface area contributed by atoms with E-state index in [9.17, 15) is 4.79 Å². The van der Waals surface area contributed by atoms with Crippen molar-refractivity contribution in [3.05, 3.63) is 0 Å². The van der Waals surface area contributed by atoms with Crippen molar-refractivity contribution in [1.29, 1.82) is 0 Å². The van der Waals surface area contributed by atoms with Crippen LogP contribution in [0.4, 0.5) is 0 Å². The average molecular weight is 185 g/mol. The second-order valence-corrected chi connectivity index (χ2v) is 4.37. The number of carbonyl (C=O) groups is 1. The third kappa shape index (κ3) is 3.35. The number of rotatable bonds is 3. The highest BCUT2D eigenvalue weighted by molar-refractivity contribution is 5.73. The lowest BCUT2D eigenvalue weighted by Gasteiger charge is -2.28. The van der Waals surface area contributed by atoms with Gasteiger partial charge in [-0.15, -0.1) is 0 Å². The highest BCUT2D eigenvalue weighted by Gasteiger charge is 2.25. The quantitative estimate of drug-likeness (QED) is 0.700. The Bertz CT molecular complexity index is 172. The van der Waals surface area contributed by atoms with E-state index < -0.39 is 5.97 Å². The third-order valence-electron chi connectivity index (χ3n) is 2.62. The fraction of sp³-hybridized carbons (Fsp3) is 0.900. The first-order chi connectivity index (χ1) is 6.09. The molecule has 0 bridgehead atoms. The normalized spacial score (nSPS) is 29.2. The van der Waals surface area contributed by atoms with Gasteiger partial charge in [0, 0.05) is 0 Å². The Morgan fingerprint density at radius 3 is 2.62 bits per heavy atom. The zero-order valence-corrected chi connectivity index (χ0v) is 8.42. The molecule has 1 fully saturated rings. The smallest absolute Gasteiger partial charge is 0.320 e. The minimum absolute atomic E-state index is 0.302. The number of hydrogen-bond acceptors (Lipinski definition) is 2. The van der Waals surface area contributed by atoms with Crippen LogP contribution in [0.1, 0.15) is 33.1 Å². The van der Waals surface area contributed by atoms with Crippen LogP contribution in [0.2, 0.25) is 0 Å². The molecule has 1 aliphatic heterocycles. The number of carboxylic acid groups (broad SMARTS) is 1. The molecule has 0 amide bonds. The van der Waals surface area contributed by atoms with Gasteiger partial charge in [0.05, 0.1) is 0 Å². The average Bonchev–Trinajstić information content (AvgIpc) is 2.04. The summed E-state index contributed by atoms with van der Waals surface area (Å²) in [6, 6.07) is -0.302. The van der Waals surface area contributed by atoms with Crippen LogP contribution in [0.25, 0.3) is 0 Å². The molecule has 3 heteroatoms. The second-order valence-electron chi connectivity index (χ2n) is 4.37. The van der Waals surface area contributed by atoms with E-state index in [1.807, 2.05) is 0 Å². The van der Waals surface area contributed by atoms with Crippen LogP contribution in [-0.4, -0.2) is 23.7 Å². The lowest BCUT2D eigenvalue weighted by Crippen LogP contribution is -2.44. The number of nitrogens with one attached hydrogen (secondary N) is 1. The Morgan fingerprint density at radius 1 is 1.54 bits per heavy atom. The second kappa shape index (κ2) is 4.61. The van der Waals surface area contributed by atoms with E-state index in [-0.39, 0.29) is 6.04 Å². The molecule has 0 saturated carbocycles. The predicted molar refractivity (Wildman–Crippen MR) is 51.6 cm³/mol. The Morgan fingerprint density at radius 2 is 2.23 bits per heavy atom. The molecule has 1 aliphatic rings. The van der Waals surface area contributed by atoms with Crippen LogP contribution in [0.15, 0.2) is 0 Å². The molecule has 1 saturated heterocycles. The summed E-state index contributed by atoms with van der Waals surface area (Å²) >= 11 is 0. The molecule has 1 rings (SSSR count). The van der Waals surface area contributed by atoms with Crippen LogP contribution in [0.5, 0.6) is 0 Å². The van der Waals surface area contributed by atoms with Gasteiger partial charge in [-0.2, -0.15) is 0 Å². The predicted octanol–water partition coefficient (Wildman–Crippen LogP) is 1.49. The van der Waals surface area contributed by atoms with Crippen molar-refractivity contribution in [3.8, 4) is 0 Å². The van der Waals surface area contributed by atoms with Gasteiger partial charge in [-0.1, -0.05) is 13.8 Å². The van der Waals surface area contributed by atoms with E-state index in [4.69, 9.17) is 5.11 Å². The van der Waals surface area contributed by atoms with E-state index in [0.29, 0.717) is 11.8 Å². The molecular weight excluding hydrogens is 166 g/mol. The van der Waals surface area contributed by atoms with E-state index >= 15 is 0 Å². The van der Waals surface area contributed by atoms with Crippen molar-refractivity contribution in [2.45, 2.75) is 39.2 Å². The Balaban J connectivity index is 2.26. The minimum Gasteiger partial charge on any atom is -0.480 e. The number of piperidine rings is 1. The summed E-state index contributed by atoms with van der Waals surface area (Å²) in [5.41, 5.74) is 0. The van der Waals surface area contributed by atoms with Crippen LogP contribution in [-0.2, 0) is 4.79 Å². The Hall–Kier alpha value is -0.570. The fourth-order valence-corrected chi connectivity index (χ4v) is 1.99. The number of hydrogen-bond donors (Lipinski definition) is 2. The summed E-state index contributed by atoms with van der Waals surface area (Å²) in [5, 5.41) is 11.8. The van der Waals surface area contributed by atoms with Crippen molar-refractivity contribution in [2.24, 2.45) is 11.8 Å². The largest absolute Gasteiger partial charge is 0.480 e. The first kappa shape index (κ1) is 10.5. The van der Waals surface area contributed by atoms with Gasteiger partial charge in [-0.3, -0.25) is 4.79 Å². The van der Waals surface area contributed by atoms with E-state index in [1.54, 1.807) is 0 Å². The maximum Gasteiger partial charge on any atom is 0.320 e. The monoisotopic (exact) mass is 185 g/mol. The van der Waals surface area contributed by atoms with Gasteiger partial charge in [0.2, 0.25) is 0 Å². The summed E-state index contributed by atoms with van der Waals surface area (Å²) in [6.07, 6.45) is 3.05. The van der Waals surface area contributed by atoms with Gasteiger partial charge in [0.15, 0.2) is 0 Å². The lowest BCUT2D eigenvalue weighted by molar-refractivity contribution is -0.140. The molecule has 0 aliphatic carbocycles. The molecule has 2 atom stereocenters. The fourth-order valence-electron chi connectivity index (χ4n) is 1.99. The molecule has 0 aromatic rings. The summed E-state index contributed by atoms with van der Waals surface area (Å²) in [7, 11) is 0. The van der Waals surface area contributed by atoms with Gasteiger partial charge in [-0.25, -0.2) is 0 Å². The zero-order chi connectivity index (χ0) is 9.84. The van der Waals surface area contributed by atoms with Crippen LogP contribution in [0.3, 0.4) is 0 Å². The van der Waals surface area contributed by atoms with Crippen molar-refractivity contribution >= 4 is 5.97 Å². The number of aliphatic carboxylic acids is 1. The van der Waals surface area contributed by atoms with Crippen molar-refractivity contribution in [3.63, 3.8) is 0 Å². The van der Waals surface area contributed by atoms with E-state index in [1.165, 1.54) is 6.42 Å². The molecule has 0 aromatic carbocycles. The Kier molecular flexibility index (Phi) is 3.72. The molecule has 76 valence electrons. The molecule has 13 heavy (non-hydrogen) atoms. The van der Waals surface area contributed by atoms with Gasteiger partial charge < -0.3 is 10.4 Å². The summed E-state index contributed by atoms with van der Waals surface area (Å²) in [4.78, 5) is 10.6. The maximum absolute atomic E-state index is 10.6. The van der Waals surface area contributed by atoms with Crippen LogP contribution in [0, 0.1) is 11.8 Å². The molecule has 3 nitrogen and oxygen atoms in total. The molecule has 2 N–H and O–H groups in total. The van der Waals surface area contributed by atoms with Gasteiger partial charge in [0.1, 0.15) is 6.04 Å². The first-order valence-corrected chi connectivity index (χ1v) is 5.05. The number of carboxylic acids is 1.